The van der Waals surface area contributed by atoms with Gasteiger partial charge in [-0.25, -0.2) is 0 Å². The third-order valence-corrected chi connectivity index (χ3v) is 2.82. The Balaban J connectivity index is 3.72. The first kappa shape index (κ1) is 11.8. The Morgan fingerprint density at radius 2 is 2.17 bits per heavy atom. The highest BCUT2D eigenvalue weighted by molar-refractivity contribution is 7.99. The molecule has 0 fully saturated rings. The van der Waals surface area contributed by atoms with Crippen molar-refractivity contribution in [3.8, 4) is 0 Å². The maximum Gasteiger partial charge on any atom is 0.235 e. The molecule has 0 unspecified atom stereocenters. The standard InChI is InChI=1S/C8H18N2OS/c1-4-5-12-6-7(8(9)11)10(2)3/h7H,4-6H2,1-3H3,(H2,9,11)/t7-/m1/s1. The summed E-state index contributed by atoms with van der Waals surface area (Å²) in [5.74, 6) is 1.66. The van der Waals surface area contributed by atoms with Crippen molar-refractivity contribution in [2.45, 2.75) is 19.4 Å². The summed E-state index contributed by atoms with van der Waals surface area (Å²) in [5, 5.41) is 0. The summed E-state index contributed by atoms with van der Waals surface area (Å²) in [7, 11) is 3.75. The zero-order chi connectivity index (χ0) is 9.56. The van der Waals surface area contributed by atoms with E-state index in [-0.39, 0.29) is 11.9 Å². The molecule has 12 heavy (non-hydrogen) atoms. The summed E-state index contributed by atoms with van der Waals surface area (Å²) in [4.78, 5) is 12.8. The lowest BCUT2D eigenvalue weighted by Gasteiger charge is -2.20. The van der Waals surface area contributed by atoms with Gasteiger partial charge in [0.1, 0.15) is 0 Å². The zero-order valence-corrected chi connectivity index (χ0v) is 8.86. The van der Waals surface area contributed by atoms with Crippen LogP contribution in [0.5, 0.6) is 0 Å². The third kappa shape index (κ3) is 4.62. The highest BCUT2D eigenvalue weighted by atomic mass is 32.2. The first-order valence-corrected chi connectivity index (χ1v) is 5.28. The lowest BCUT2D eigenvalue weighted by molar-refractivity contribution is -0.121. The van der Waals surface area contributed by atoms with E-state index in [0.29, 0.717) is 0 Å². The van der Waals surface area contributed by atoms with Crippen molar-refractivity contribution < 1.29 is 4.79 Å². The first-order chi connectivity index (χ1) is 5.59. The molecule has 0 aliphatic rings. The minimum absolute atomic E-state index is 0.124. The van der Waals surface area contributed by atoms with E-state index in [9.17, 15) is 4.79 Å². The number of rotatable bonds is 6. The SMILES string of the molecule is CCCSC[C@H](C(N)=O)N(C)C. The van der Waals surface area contributed by atoms with Gasteiger partial charge in [0, 0.05) is 5.75 Å². The van der Waals surface area contributed by atoms with Gasteiger partial charge in [0.15, 0.2) is 0 Å². The number of likely N-dealkylation sites (N-methyl/N-ethyl adjacent to an activating group) is 1. The highest BCUT2D eigenvalue weighted by Crippen LogP contribution is 2.07. The molecule has 0 bridgehead atoms. The van der Waals surface area contributed by atoms with Gasteiger partial charge in [-0.1, -0.05) is 6.92 Å². The molecule has 0 aromatic rings. The Labute approximate surface area is 78.7 Å². The van der Waals surface area contributed by atoms with Crippen molar-refractivity contribution in [1.82, 2.24) is 4.90 Å². The summed E-state index contributed by atoms with van der Waals surface area (Å²) in [6.45, 7) is 2.13. The highest BCUT2D eigenvalue weighted by Gasteiger charge is 2.16. The normalized spacial score (nSPS) is 13.3. The van der Waals surface area contributed by atoms with Crippen LogP contribution in [0.2, 0.25) is 0 Å². The molecule has 1 amide bonds. The molecule has 4 heteroatoms. The van der Waals surface area contributed by atoms with Gasteiger partial charge in [-0.2, -0.15) is 11.8 Å². The molecule has 1 atom stereocenters. The number of carbonyl (C=O) groups excluding carboxylic acids is 1. The van der Waals surface area contributed by atoms with Gasteiger partial charge in [0.05, 0.1) is 6.04 Å². The Morgan fingerprint density at radius 3 is 2.50 bits per heavy atom. The quantitative estimate of drug-likeness (QED) is 0.622. The number of primary amides is 1. The predicted molar refractivity (Wildman–Crippen MR) is 54.3 cm³/mol. The second kappa shape index (κ2) is 6.31. The molecule has 0 saturated carbocycles. The smallest absolute Gasteiger partial charge is 0.235 e. The first-order valence-electron chi connectivity index (χ1n) is 4.13. The van der Waals surface area contributed by atoms with Crippen LogP contribution in [0.15, 0.2) is 0 Å². The van der Waals surface area contributed by atoms with Crippen LogP contribution in [0.3, 0.4) is 0 Å². The average molecular weight is 190 g/mol. The van der Waals surface area contributed by atoms with Gasteiger partial charge in [0.25, 0.3) is 0 Å². The molecular formula is C8H18N2OS. The van der Waals surface area contributed by atoms with E-state index in [4.69, 9.17) is 5.73 Å². The van der Waals surface area contributed by atoms with Gasteiger partial charge < -0.3 is 5.73 Å². The molecule has 72 valence electrons. The second-order valence-corrected chi connectivity index (χ2v) is 4.11. The molecule has 0 aliphatic heterocycles. The van der Waals surface area contributed by atoms with Crippen LogP contribution in [0, 0.1) is 0 Å². The van der Waals surface area contributed by atoms with E-state index in [2.05, 4.69) is 6.92 Å². The van der Waals surface area contributed by atoms with Crippen LogP contribution in [0.25, 0.3) is 0 Å². The zero-order valence-electron chi connectivity index (χ0n) is 8.04. The van der Waals surface area contributed by atoms with Gasteiger partial charge in [-0.3, -0.25) is 9.69 Å². The molecule has 0 radical (unpaired) electrons. The molecule has 2 N–H and O–H groups in total. The Morgan fingerprint density at radius 1 is 1.58 bits per heavy atom. The van der Waals surface area contributed by atoms with Crippen LogP contribution in [-0.4, -0.2) is 42.4 Å². The molecular weight excluding hydrogens is 172 g/mol. The van der Waals surface area contributed by atoms with Gasteiger partial charge in [-0.15, -0.1) is 0 Å². The fraction of sp³-hybridized carbons (Fsp3) is 0.875. The molecule has 0 spiro atoms. The molecule has 0 heterocycles. The average Bonchev–Trinajstić information content (AvgIpc) is 1.96. The molecule has 0 saturated heterocycles. The number of nitrogens with zero attached hydrogens (tertiary/aromatic N) is 1. The Bertz CT molecular complexity index is 139. The van der Waals surface area contributed by atoms with Crippen molar-refractivity contribution in [2.75, 3.05) is 25.6 Å². The molecule has 0 aromatic heterocycles. The topological polar surface area (TPSA) is 46.3 Å². The summed E-state index contributed by atoms with van der Waals surface area (Å²) < 4.78 is 0. The van der Waals surface area contributed by atoms with Crippen molar-refractivity contribution in [3.63, 3.8) is 0 Å². The number of thioether (sulfide) groups is 1. The number of amides is 1. The number of hydrogen-bond donors (Lipinski definition) is 1. The van der Waals surface area contributed by atoms with Crippen molar-refractivity contribution in [3.05, 3.63) is 0 Å². The van der Waals surface area contributed by atoms with Gasteiger partial charge in [0.2, 0.25) is 5.91 Å². The number of hydrogen-bond acceptors (Lipinski definition) is 3. The Kier molecular flexibility index (Phi) is 6.20. The minimum atomic E-state index is -0.233. The summed E-state index contributed by atoms with van der Waals surface area (Å²) in [6, 6.07) is -0.124. The van der Waals surface area contributed by atoms with Crippen molar-refractivity contribution in [2.24, 2.45) is 5.73 Å². The third-order valence-electron chi connectivity index (χ3n) is 1.58. The van der Waals surface area contributed by atoms with Gasteiger partial charge >= 0.3 is 0 Å². The van der Waals surface area contributed by atoms with Crippen LogP contribution in [0.1, 0.15) is 13.3 Å². The van der Waals surface area contributed by atoms with E-state index in [1.54, 1.807) is 11.8 Å². The minimum Gasteiger partial charge on any atom is -0.368 e. The van der Waals surface area contributed by atoms with Crippen molar-refractivity contribution >= 4 is 17.7 Å². The molecule has 3 nitrogen and oxygen atoms in total. The fourth-order valence-corrected chi connectivity index (χ4v) is 1.97. The largest absolute Gasteiger partial charge is 0.368 e. The van der Waals surface area contributed by atoms with E-state index in [1.165, 1.54) is 0 Å². The lowest BCUT2D eigenvalue weighted by Crippen LogP contribution is -2.42. The maximum atomic E-state index is 10.9. The van der Waals surface area contributed by atoms with Crippen LogP contribution in [-0.2, 0) is 4.79 Å². The summed E-state index contributed by atoms with van der Waals surface area (Å²) >= 11 is 1.78. The van der Waals surface area contributed by atoms with Crippen LogP contribution in [0.4, 0.5) is 0 Å². The van der Waals surface area contributed by atoms with E-state index in [1.807, 2.05) is 19.0 Å². The maximum absolute atomic E-state index is 10.9. The summed E-state index contributed by atoms with van der Waals surface area (Å²) in [5.41, 5.74) is 5.23. The monoisotopic (exact) mass is 190 g/mol. The van der Waals surface area contributed by atoms with E-state index < -0.39 is 0 Å². The summed E-state index contributed by atoms with van der Waals surface area (Å²) in [6.07, 6.45) is 1.14. The van der Waals surface area contributed by atoms with E-state index in [0.717, 1.165) is 17.9 Å². The lowest BCUT2D eigenvalue weighted by atomic mass is 10.3. The fourth-order valence-electron chi connectivity index (χ4n) is 0.825. The van der Waals surface area contributed by atoms with Crippen LogP contribution >= 0.6 is 11.8 Å². The Hall–Kier alpha value is -0.220. The predicted octanol–water partition coefficient (Wildman–Crippen LogP) is 0.545. The van der Waals surface area contributed by atoms with E-state index >= 15 is 0 Å². The van der Waals surface area contributed by atoms with Crippen molar-refractivity contribution in [1.29, 1.82) is 0 Å². The number of carbonyl (C=O) groups is 1. The molecule has 0 aliphatic carbocycles. The number of nitrogens with two attached hydrogens (primary N) is 1. The second-order valence-electron chi connectivity index (χ2n) is 2.96. The van der Waals surface area contributed by atoms with Gasteiger partial charge in [-0.05, 0) is 26.3 Å². The van der Waals surface area contributed by atoms with Crippen LogP contribution < -0.4 is 5.73 Å². The molecule has 0 aromatic carbocycles. The molecule has 0 rings (SSSR count).